The second kappa shape index (κ2) is 29.5. The van der Waals surface area contributed by atoms with Crippen molar-refractivity contribution in [1.82, 2.24) is 5.32 Å². The highest BCUT2D eigenvalue weighted by Gasteiger charge is 2.58. The highest BCUT2D eigenvalue weighted by Crippen LogP contribution is 2.38. The Hall–Kier alpha value is -6.66. The molecule has 0 spiro atoms. The predicted molar refractivity (Wildman–Crippen MR) is 275 cm³/mol. The number of hydrogen-bond donors (Lipinski definition) is 1. The number of rotatable bonds is 24. The molecule has 426 valence electrons. The van der Waals surface area contributed by atoms with Crippen LogP contribution in [-0.2, 0) is 122 Å². The zero-order valence-corrected chi connectivity index (χ0v) is 45.1. The fraction of sp³-hybridized carbons (Fsp3) is 0.483. The fourth-order valence-electron chi connectivity index (χ4n) is 9.43. The van der Waals surface area contributed by atoms with Crippen LogP contribution in [0.5, 0.6) is 0 Å². The van der Waals surface area contributed by atoms with Gasteiger partial charge in [-0.15, -0.1) is 0 Å². The van der Waals surface area contributed by atoms with Crippen molar-refractivity contribution in [3.63, 3.8) is 0 Å². The van der Waals surface area contributed by atoms with Crippen molar-refractivity contribution < 1.29 is 95.1 Å². The van der Waals surface area contributed by atoms with Gasteiger partial charge in [0.25, 0.3) is 0 Å². The maximum Gasteiger partial charge on any atom is 0.303 e. The van der Waals surface area contributed by atoms with E-state index in [2.05, 4.69) is 5.32 Å². The van der Waals surface area contributed by atoms with Gasteiger partial charge in [0.1, 0.15) is 62.0 Å². The summed E-state index contributed by atoms with van der Waals surface area (Å²) in [5.74, 6) is -4.65. The summed E-state index contributed by atoms with van der Waals surface area (Å²) >= 11 is 0. The summed E-state index contributed by atoms with van der Waals surface area (Å²) in [6.45, 7) is 7.83. The molecule has 1 N–H and O–H groups in total. The van der Waals surface area contributed by atoms with Gasteiger partial charge in [-0.05, 0) is 29.2 Å². The maximum atomic E-state index is 13.6. The zero-order valence-electron chi connectivity index (χ0n) is 45.1. The number of ether oxygens (including phenoxy) is 14. The third-order valence-electron chi connectivity index (χ3n) is 12.8. The molecule has 15 atom stereocenters. The fourth-order valence-corrected chi connectivity index (χ4v) is 9.43. The van der Waals surface area contributed by atoms with Crippen LogP contribution in [0.3, 0.4) is 0 Å². The van der Waals surface area contributed by atoms with Gasteiger partial charge in [0.15, 0.2) is 37.2 Å². The van der Waals surface area contributed by atoms with Crippen LogP contribution in [0.4, 0.5) is 0 Å². The molecule has 0 aromatic heterocycles. The second-order valence-corrected chi connectivity index (χ2v) is 19.1. The summed E-state index contributed by atoms with van der Waals surface area (Å²) in [6, 6.07) is 36.3. The van der Waals surface area contributed by atoms with E-state index in [4.69, 9.17) is 66.3 Å². The molecule has 4 aromatic rings. The minimum absolute atomic E-state index is 0.0329. The Kier molecular flexibility index (Phi) is 22.4. The summed E-state index contributed by atoms with van der Waals surface area (Å²) in [5.41, 5.74) is 3.27. The Morgan fingerprint density at radius 2 is 0.772 bits per heavy atom. The Morgan fingerprint density at radius 1 is 0.392 bits per heavy atom. The van der Waals surface area contributed by atoms with Crippen LogP contribution in [0, 0.1) is 0 Å². The Bertz CT molecular complexity index is 2580. The minimum Gasteiger partial charge on any atom is -0.463 e. The predicted octanol–water partition coefficient (Wildman–Crippen LogP) is 5.35. The van der Waals surface area contributed by atoms with E-state index in [1.165, 1.54) is 13.8 Å². The molecule has 21 heteroatoms. The van der Waals surface area contributed by atoms with Crippen molar-refractivity contribution in [2.24, 2.45) is 0 Å². The molecule has 3 saturated heterocycles. The quantitative estimate of drug-likeness (QED) is 0.0686. The van der Waals surface area contributed by atoms with E-state index in [1.807, 2.05) is 121 Å². The lowest BCUT2D eigenvalue weighted by atomic mass is 9.94. The SMILES string of the molecule is CC(=O)NC1C(OCc2ccccc2)OC(COC(C)=O)C(OC2OC(COC(C)=O)C(OC(C)=O)C(OC(C)=O)C2OC(C)=O)C1OC1OC(C)C(OCc2ccccc2)C(OCc2ccccc2)C1OCc1ccccc1. The average molecular weight is 1100 g/mol. The first kappa shape index (κ1) is 60.0. The monoisotopic (exact) mass is 1100 g/mol. The standard InChI is InChI=1S/C58H69NO20/c1-34-48(68-28-41-20-12-8-13-21-41)52(69-29-42-22-14-9-15-23-42)54(70-30-43-24-16-10-17-25-43)57(72-34)79-51-47(59-35(2)60)56(71-31-44-26-18-11-19-27-44)76-45(32-66-36(3)61)49(51)78-58-55(75-40(7)65)53(74-39(6)64)50(73-38(5)63)46(77-58)33-67-37(4)62/h8-27,34,45-58H,28-33H2,1-7H3,(H,59,60). The lowest BCUT2D eigenvalue weighted by Crippen LogP contribution is -2.70. The number of hydrogen-bond acceptors (Lipinski definition) is 20. The zero-order chi connectivity index (χ0) is 56.4. The number of carbonyl (C=O) groups is 6. The van der Waals surface area contributed by atoms with Crippen molar-refractivity contribution in [3.05, 3.63) is 144 Å². The van der Waals surface area contributed by atoms with Gasteiger partial charge in [-0.25, -0.2) is 0 Å². The molecule has 0 radical (unpaired) electrons. The number of benzene rings is 4. The third kappa shape index (κ3) is 17.7. The van der Waals surface area contributed by atoms with E-state index >= 15 is 0 Å². The molecule has 0 saturated carbocycles. The van der Waals surface area contributed by atoms with Crippen molar-refractivity contribution >= 4 is 35.8 Å². The van der Waals surface area contributed by atoms with Crippen LogP contribution in [-0.4, -0.2) is 141 Å². The Labute approximate surface area is 458 Å². The van der Waals surface area contributed by atoms with Gasteiger partial charge in [-0.2, -0.15) is 0 Å². The molecule has 3 aliphatic rings. The van der Waals surface area contributed by atoms with Gasteiger partial charge in [0.2, 0.25) is 5.91 Å². The molecule has 0 aliphatic carbocycles. The minimum atomic E-state index is -1.83. The van der Waals surface area contributed by atoms with E-state index in [-0.39, 0.29) is 26.4 Å². The molecule has 4 aromatic carbocycles. The number of esters is 5. The van der Waals surface area contributed by atoms with Crippen LogP contribution < -0.4 is 5.32 Å². The Morgan fingerprint density at radius 3 is 1.23 bits per heavy atom. The summed E-state index contributed by atoms with van der Waals surface area (Å²) in [6.07, 6.45) is -19.1. The second-order valence-electron chi connectivity index (χ2n) is 19.1. The highest BCUT2D eigenvalue weighted by atomic mass is 16.8. The molecule has 3 fully saturated rings. The lowest BCUT2D eigenvalue weighted by Gasteiger charge is -2.51. The molecular formula is C58H69NO20. The van der Waals surface area contributed by atoms with Crippen molar-refractivity contribution in [2.45, 2.75) is 167 Å². The van der Waals surface area contributed by atoms with Crippen LogP contribution in [0.2, 0.25) is 0 Å². The smallest absolute Gasteiger partial charge is 0.303 e. The average Bonchev–Trinajstić information content (AvgIpc) is 3.55. The normalized spacial score (nSPS) is 28.6. The van der Waals surface area contributed by atoms with Crippen LogP contribution in [0.1, 0.15) is 70.7 Å². The van der Waals surface area contributed by atoms with Gasteiger partial charge in [0.05, 0.1) is 32.5 Å². The van der Waals surface area contributed by atoms with Gasteiger partial charge < -0.3 is 71.6 Å². The molecule has 3 heterocycles. The van der Waals surface area contributed by atoms with Crippen LogP contribution in [0.15, 0.2) is 121 Å². The molecule has 3 aliphatic heterocycles. The number of nitrogens with one attached hydrogen (secondary N) is 1. The van der Waals surface area contributed by atoms with Gasteiger partial charge >= 0.3 is 29.8 Å². The van der Waals surface area contributed by atoms with Crippen LogP contribution in [0.25, 0.3) is 0 Å². The Balaban J connectivity index is 1.37. The van der Waals surface area contributed by atoms with E-state index < -0.39 is 141 Å². The first-order chi connectivity index (χ1) is 38.0. The van der Waals surface area contributed by atoms with Crippen molar-refractivity contribution in [3.8, 4) is 0 Å². The topological polar surface area (TPSA) is 244 Å². The highest BCUT2D eigenvalue weighted by molar-refractivity contribution is 5.73. The van der Waals surface area contributed by atoms with Gasteiger partial charge in [-0.3, -0.25) is 28.8 Å². The number of amides is 1. The molecule has 79 heavy (non-hydrogen) atoms. The molecular weight excluding hydrogens is 1030 g/mol. The molecule has 15 unspecified atom stereocenters. The van der Waals surface area contributed by atoms with E-state index in [0.717, 1.165) is 49.9 Å². The largest absolute Gasteiger partial charge is 0.463 e. The summed E-state index contributed by atoms with van der Waals surface area (Å²) in [5, 5.41) is 2.93. The molecule has 21 nitrogen and oxygen atoms in total. The first-order valence-electron chi connectivity index (χ1n) is 26.0. The maximum absolute atomic E-state index is 13.6. The molecule has 0 bridgehead atoms. The van der Waals surface area contributed by atoms with Gasteiger partial charge in [0, 0.05) is 41.5 Å². The lowest BCUT2D eigenvalue weighted by molar-refractivity contribution is -0.379. The summed E-state index contributed by atoms with van der Waals surface area (Å²) < 4.78 is 89.3. The first-order valence-corrected chi connectivity index (χ1v) is 26.0. The van der Waals surface area contributed by atoms with Crippen LogP contribution >= 0.6 is 0 Å². The van der Waals surface area contributed by atoms with Crippen molar-refractivity contribution in [1.29, 1.82) is 0 Å². The van der Waals surface area contributed by atoms with Gasteiger partial charge in [-0.1, -0.05) is 121 Å². The molecule has 1 amide bonds. The summed E-state index contributed by atoms with van der Waals surface area (Å²) in [4.78, 5) is 77.2. The number of carbonyl (C=O) groups excluding carboxylic acids is 6. The van der Waals surface area contributed by atoms with E-state index in [9.17, 15) is 28.8 Å². The van der Waals surface area contributed by atoms with E-state index in [1.54, 1.807) is 6.92 Å². The van der Waals surface area contributed by atoms with Crippen molar-refractivity contribution in [2.75, 3.05) is 13.2 Å². The summed E-state index contributed by atoms with van der Waals surface area (Å²) in [7, 11) is 0. The third-order valence-corrected chi connectivity index (χ3v) is 12.8. The van der Waals surface area contributed by atoms with E-state index in [0.29, 0.717) is 0 Å². The molecule has 7 rings (SSSR count).